The quantitative estimate of drug-likeness (QED) is 0.320. The lowest BCUT2D eigenvalue weighted by molar-refractivity contribution is -0.123. The number of esters is 1. The van der Waals surface area contributed by atoms with Gasteiger partial charge in [0.25, 0.3) is 0 Å². The van der Waals surface area contributed by atoms with Crippen LogP contribution in [-0.2, 0) is 15.0 Å². The highest BCUT2D eigenvalue weighted by atomic mass is 16.5. The fourth-order valence-corrected chi connectivity index (χ4v) is 5.09. The van der Waals surface area contributed by atoms with Crippen molar-refractivity contribution in [3.05, 3.63) is 71.8 Å². The van der Waals surface area contributed by atoms with E-state index in [-0.39, 0.29) is 40.9 Å². The molecule has 0 unspecified atom stereocenters. The van der Waals surface area contributed by atoms with E-state index in [2.05, 4.69) is 32.9 Å². The molecule has 0 aromatic heterocycles. The number of carbonyl (C=O) groups excluding carboxylic acids is 3. The number of carbonyl (C=O) groups is 3. The monoisotopic (exact) mass is 415 g/mol. The first-order valence-electron chi connectivity index (χ1n) is 10.7. The summed E-state index contributed by atoms with van der Waals surface area (Å²) < 4.78 is 5.48. The van der Waals surface area contributed by atoms with Crippen molar-refractivity contribution in [2.24, 2.45) is 23.7 Å². The molecule has 0 radical (unpaired) electrons. The molecule has 5 rings (SSSR count). The lowest BCUT2D eigenvalue weighted by Crippen LogP contribution is -2.32. The molecule has 2 amide bonds. The number of ether oxygens (including phenoxy) is 1. The van der Waals surface area contributed by atoms with Gasteiger partial charge in [-0.3, -0.25) is 14.5 Å². The number of benzene rings is 2. The molecule has 1 heterocycles. The third-order valence-electron chi connectivity index (χ3n) is 6.76. The van der Waals surface area contributed by atoms with E-state index in [4.69, 9.17) is 4.74 Å². The summed E-state index contributed by atoms with van der Waals surface area (Å²) in [4.78, 5) is 39.7. The van der Waals surface area contributed by atoms with E-state index >= 15 is 0 Å². The fraction of sp³-hybridized carbons (Fsp3) is 0.346. The zero-order valence-corrected chi connectivity index (χ0v) is 17.9. The van der Waals surface area contributed by atoms with Crippen molar-refractivity contribution >= 4 is 23.5 Å². The second kappa shape index (κ2) is 6.91. The minimum absolute atomic E-state index is 0.0247. The molecule has 2 bridgehead atoms. The molecule has 1 saturated carbocycles. The van der Waals surface area contributed by atoms with Gasteiger partial charge in [-0.05, 0) is 65.6 Å². The van der Waals surface area contributed by atoms with Crippen LogP contribution in [0.4, 0.5) is 5.69 Å². The summed E-state index contributed by atoms with van der Waals surface area (Å²) in [5, 5.41) is 0. The summed E-state index contributed by atoms with van der Waals surface area (Å²) in [6.45, 7) is 6.37. The SMILES string of the molecule is CC(C)(C)c1ccc(OC(=O)c2ccc(N3C(=O)[C@@H]4[C@H](C3=O)[C@@H]3C=C[C@H]4C3)cc2)cc1. The third kappa shape index (κ3) is 3.19. The Morgan fingerprint density at radius 1 is 0.871 bits per heavy atom. The van der Waals surface area contributed by atoms with Crippen LogP contribution in [0.5, 0.6) is 5.75 Å². The maximum absolute atomic E-state index is 12.9. The molecule has 0 spiro atoms. The van der Waals surface area contributed by atoms with Crippen LogP contribution in [0.25, 0.3) is 0 Å². The number of hydrogen-bond acceptors (Lipinski definition) is 4. The predicted molar refractivity (Wildman–Crippen MR) is 117 cm³/mol. The van der Waals surface area contributed by atoms with Crippen LogP contribution in [0.3, 0.4) is 0 Å². The number of imide groups is 1. The maximum Gasteiger partial charge on any atom is 0.343 e. The average molecular weight is 415 g/mol. The molecule has 2 aliphatic carbocycles. The number of fused-ring (bicyclic) bond motifs is 5. The standard InChI is InChI=1S/C26H25NO4/c1-26(2,3)18-8-12-20(13-9-18)31-25(30)15-6-10-19(11-7-15)27-23(28)21-16-4-5-17(14-16)22(21)24(27)29/h4-13,16-17,21-22H,14H2,1-3H3/t16-,17+,21-,22+. The van der Waals surface area contributed by atoms with Crippen molar-refractivity contribution in [1.29, 1.82) is 0 Å². The summed E-state index contributed by atoms with van der Waals surface area (Å²) >= 11 is 0. The van der Waals surface area contributed by atoms with Crippen LogP contribution in [0.15, 0.2) is 60.7 Å². The van der Waals surface area contributed by atoms with Gasteiger partial charge in [-0.1, -0.05) is 45.1 Å². The minimum Gasteiger partial charge on any atom is -0.423 e. The molecule has 1 aliphatic heterocycles. The smallest absolute Gasteiger partial charge is 0.343 e. The van der Waals surface area contributed by atoms with Crippen LogP contribution in [-0.4, -0.2) is 17.8 Å². The van der Waals surface area contributed by atoms with Gasteiger partial charge in [-0.25, -0.2) is 4.79 Å². The van der Waals surface area contributed by atoms with Crippen LogP contribution < -0.4 is 9.64 Å². The lowest BCUT2D eigenvalue weighted by atomic mass is 9.85. The maximum atomic E-state index is 12.9. The highest BCUT2D eigenvalue weighted by Gasteiger charge is 2.59. The summed E-state index contributed by atoms with van der Waals surface area (Å²) in [6.07, 6.45) is 5.06. The summed E-state index contributed by atoms with van der Waals surface area (Å²) in [5.74, 6) is -0.365. The van der Waals surface area contributed by atoms with Gasteiger partial charge >= 0.3 is 5.97 Å². The van der Waals surface area contributed by atoms with Gasteiger partial charge in [0, 0.05) is 0 Å². The summed E-state index contributed by atoms with van der Waals surface area (Å²) in [5.41, 5.74) is 2.06. The van der Waals surface area contributed by atoms with Crippen molar-refractivity contribution in [3.8, 4) is 5.75 Å². The van der Waals surface area contributed by atoms with Gasteiger partial charge in [-0.15, -0.1) is 0 Å². The van der Waals surface area contributed by atoms with E-state index in [9.17, 15) is 14.4 Å². The van der Waals surface area contributed by atoms with Crippen molar-refractivity contribution < 1.29 is 19.1 Å². The van der Waals surface area contributed by atoms with Gasteiger partial charge in [0.05, 0.1) is 23.1 Å². The first-order chi connectivity index (χ1) is 14.7. The zero-order valence-electron chi connectivity index (χ0n) is 17.9. The summed E-state index contributed by atoms with van der Waals surface area (Å²) in [6, 6.07) is 14.0. The molecule has 2 aromatic rings. The van der Waals surface area contributed by atoms with E-state index in [0.717, 1.165) is 12.0 Å². The van der Waals surface area contributed by atoms with Gasteiger partial charge in [0.15, 0.2) is 0 Å². The van der Waals surface area contributed by atoms with E-state index in [1.54, 1.807) is 36.4 Å². The number of hydrogen-bond donors (Lipinski definition) is 0. The first-order valence-corrected chi connectivity index (χ1v) is 10.7. The van der Waals surface area contributed by atoms with E-state index in [0.29, 0.717) is 17.0 Å². The highest BCUT2D eigenvalue weighted by Crippen LogP contribution is 2.53. The fourth-order valence-electron chi connectivity index (χ4n) is 5.09. The molecule has 158 valence electrons. The largest absolute Gasteiger partial charge is 0.423 e. The van der Waals surface area contributed by atoms with E-state index in [1.165, 1.54) is 4.90 Å². The lowest BCUT2D eigenvalue weighted by Gasteiger charge is -2.19. The minimum atomic E-state index is -0.478. The predicted octanol–water partition coefficient (Wildman–Crippen LogP) is 4.51. The molecule has 2 aromatic carbocycles. The van der Waals surface area contributed by atoms with Gasteiger partial charge in [0.2, 0.25) is 11.8 Å². The number of anilines is 1. The van der Waals surface area contributed by atoms with Crippen molar-refractivity contribution in [3.63, 3.8) is 0 Å². The molecule has 5 nitrogen and oxygen atoms in total. The van der Waals surface area contributed by atoms with Crippen molar-refractivity contribution in [1.82, 2.24) is 0 Å². The molecule has 5 heteroatoms. The molecule has 0 N–H and O–H groups in total. The van der Waals surface area contributed by atoms with Gasteiger partial charge in [-0.2, -0.15) is 0 Å². The van der Waals surface area contributed by atoms with Crippen LogP contribution in [0.2, 0.25) is 0 Å². The normalized spacial score (nSPS) is 26.5. The van der Waals surface area contributed by atoms with Gasteiger partial charge in [0.1, 0.15) is 5.75 Å². The zero-order chi connectivity index (χ0) is 21.9. The van der Waals surface area contributed by atoms with E-state index < -0.39 is 5.97 Å². The Kier molecular flexibility index (Phi) is 4.40. The van der Waals surface area contributed by atoms with Crippen molar-refractivity contribution in [2.75, 3.05) is 4.90 Å². The Morgan fingerprint density at radius 3 is 1.94 bits per heavy atom. The van der Waals surface area contributed by atoms with Crippen molar-refractivity contribution in [2.45, 2.75) is 32.6 Å². The van der Waals surface area contributed by atoms with Crippen LogP contribution in [0.1, 0.15) is 43.1 Å². The molecule has 2 fully saturated rings. The Balaban J connectivity index is 1.30. The van der Waals surface area contributed by atoms with E-state index in [1.807, 2.05) is 12.1 Å². The van der Waals surface area contributed by atoms with Crippen LogP contribution in [0, 0.1) is 23.7 Å². The first kappa shape index (κ1) is 19.7. The molecule has 1 saturated heterocycles. The number of nitrogens with zero attached hydrogens (tertiary/aromatic N) is 1. The topological polar surface area (TPSA) is 63.7 Å². The Bertz CT molecular complexity index is 1060. The second-order valence-electron chi connectivity index (χ2n) is 9.72. The van der Waals surface area contributed by atoms with Crippen LogP contribution >= 0.6 is 0 Å². The van der Waals surface area contributed by atoms with Gasteiger partial charge < -0.3 is 4.74 Å². The molecule has 3 aliphatic rings. The average Bonchev–Trinajstić information content (AvgIpc) is 3.42. The molecule has 31 heavy (non-hydrogen) atoms. The third-order valence-corrected chi connectivity index (χ3v) is 6.76. The molecular formula is C26H25NO4. The Morgan fingerprint density at radius 2 is 1.42 bits per heavy atom. The second-order valence-corrected chi connectivity index (χ2v) is 9.72. The number of rotatable bonds is 3. The molecular weight excluding hydrogens is 390 g/mol. The number of allylic oxidation sites excluding steroid dienone is 2. The number of amides is 2. The Labute approximate surface area is 181 Å². The summed E-state index contributed by atoms with van der Waals surface area (Å²) in [7, 11) is 0. The molecule has 4 atom stereocenters. The highest BCUT2D eigenvalue weighted by molar-refractivity contribution is 6.22. The Hall–Kier alpha value is -3.21.